The van der Waals surface area contributed by atoms with Crippen molar-refractivity contribution in [3.05, 3.63) is 169 Å². The molecule has 0 spiro atoms. The average Bonchev–Trinajstić information content (AvgIpc) is 3.72. The summed E-state index contributed by atoms with van der Waals surface area (Å²) in [4.78, 5) is 7.63. The molecule has 6 aromatic carbocycles. The molecule has 0 bridgehead atoms. The van der Waals surface area contributed by atoms with E-state index in [1.807, 2.05) is 59.3 Å². The van der Waals surface area contributed by atoms with Crippen molar-refractivity contribution in [3.63, 3.8) is 0 Å². The van der Waals surface area contributed by atoms with Gasteiger partial charge in [0.1, 0.15) is 0 Å². The summed E-state index contributed by atoms with van der Waals surface area (Å²) in [6, 6.07) is 51.5. The number of nitrogens with zero attached hydrogens (tertiary/aromatic N) is 5. The monoisotopic (exact) mass is 920 g/mol. The van der Waals surface area contributed by atoms with Crippen LogP contribution in [0.5, 0.6) is 11.5 Å². The zero-order valence-electron chi connectivity index (χ0n) is 32.7. The Kier molecular flexibility index (Phi) is 8.97. The van der Waals surface area contributed by atoms with E-state index in [1.54, 1.807) is 0 Å². The molecule has 0 aliphatic carbocycles. The van der Waals surface area contributed by atoms with Gasteiger partial charge in [0.2, 0.25) is 0 Å². The minimum Gasteiger partial charge on any atom is -0.510 e. The summed E-state index contributed by atoms with van der Waals surface area (Å²) < 4.78 is 13.1. The van der Waals surface area contributed by atoms with Crippen LogP contribution in [0.25, 0.3) is 50.0 Å². The summed E-state index contributed by atoms with van der Waals surface area (Å²) in [6.07, 6.45) is 5.52. The Bertz CT molecular complexity index is 2980. The van der Waals surface area contributed by atoms with Gasteiger partial charge >= 0.3 is 6.85 Å². The molecule has 0 fully saturated rings. The van der Waals surface area contributed by atoms with E-state index in [2.05, 4.69) is 153 Å². The number of hydrogen-bond acceptors (Lipinski definition) is 3. The van der Waals surface area contributed by atoms with Gasteiger partial charge in [0.25, 0.3) is 6.33 Å². The third kappa shape index (κ3) is 5.90. The number of pyridine rings is 1. The fourth-order valence-corrected chi connectivity index (χ4v) is 8.75. The van der Waals surface area contributed by atoms with Crippen molar-refractivity contribution in [2.45, 2.75) is 40.0 Å². The topological polar surface area (TPSA) is 39.1 Å². The van der Waals surface area contributed by atoms with E-state index >= 15 is 0 Å². The van der Waals surface area contributed by atoms with Crippen molar-refractivity contribution in [1.82, 2.24) is 14.1 Å². The van der Waals surface area contributed by atoms with Crippen LogP contribution in [0, 0.1) is 32.3 Å². The van der Waals surface area contributed by atoms with Crippen LogP contribution in [0.15, 0.2) is 134 Å². The molecular formula is C49H40BN5OPt-2. The first kappa shape index (κ1) is 36.7. The second-order valence-corrected chi connectivity index (χ2v) is 15.9. The van der Waals surface area contributed by atoms with E-state index in [1.165, 1.54) is 27.6 Å². The molecule has 0 saturated heterocycles. The second-order valence-electron chi connectivity index (χ2n) is 15.9. The van der Waals surface area contributed by atoms with Gasteiger partial charge in [-0.1, -0.05) is 116 Å². The van der Waals surface area contributed by atoms with Crippen molar-refractivity contribution < 1.29 is 30.4 Å². The van der Waals surface area contributed by atoms with Crippen molar-refractivity contribution in [1.29, 1.82) is 0 Å². The van der Waals surface area contributed by atoms with Gasteiger partial charge in [0, 0.05) is 44.3 Å². The largest absolute Gasteiger partial charge is 0.510 e. The van der Waals surface area contributed by atoms with Crippen LogP contribution in [-0.2, 0) is 26.5 Å². The molecule has 3 aromatic heterocycles. The van der Waals surface area contributed by atoms with Gasteiger partial charge in [-0.05, 0) is 72.1 Å². The van der Waals surface area contributed by atoms with E-state index in [-0.39, 0.29) is 33.3 Å². The molecule has 4 heterocycles. The minimum atomic E-state index is -0.132. The van der Waals surface area contributed by atoms with E-state index in [0.29, 0.717) is 11.5 Å². The molecule has 0 saturated carbocycles. The molecule has 9 aromatic rings. The van der Waals surface area contributed by atoms with Crippen molar-refractivity contribution in [2.75, 3.05) is 11.9 Å². The maximum absolute atomic E-state index is 6.65. The van der Waals surface area contributed by atoms with Crippen LogP contribution in [0.1, 0.15) is 37.5 Å². The molecule has 0 atom stereocenters. The predicted octanol–water partition coefficient (Wildman–Crippen LogP) is 9.06. The summed E-state index contributed by atoms with van der Waals surface area (Å²) >= 11 is 0. The first-order valence-corrected chi connectivity index (χ1v) is 19.2. The summed E-state index contributed by atoms with van der Waals surface area (Å²) in [5, 5.41) is 2.26. The van der Waals surface area contributed by atoms with Gasteiger partial charge in [-0.2, -0.15) is 18.2 Å². The minimum absolute atomic E-state index is 0. The van der Waals surface area contributed by atoms with Gasteiger partial charge in [-0.3, -0.25) is 4.57 Å². The molecular weight excluding hydrogens is 880 g/mol. The van der Waals surface area contributed by atoms with E-state index < -0.39 is 0 Å². The molecule has 0 N–H and O–H groups in total. The third-order valence-corrected chi connectivity index (χ3v) is 11.3. The Morgan fingerprint density at radius 3 is 2.23 bits per heavy atom. The molecule has 8 heteroatoms. The van der Waals surface area contributed by atoms with Crippen molar-refractivity contribution >= 4 is 56.3 Å². The molecule has 0 unspecified atom stereocenters. The second kappa shape index (κ2) is 13.9. The van der Waals surface area contributed by atoms with E-state index in [9.17, 15) is 0 Å². The number of ether oxygens (including phenoxy) is 1. The Labute approximate surface area is 348 Å². The van der Waals surface area contributed by atoms with Crippen LogP contribution in [-0.4, -0.2) is 28.0 Å². The maximum atomic E-state index is 6.65. The maximum Gasteiger partial charge on any atom is 0.326 e. The van der Waals surface area contributed by atoms with Crippen molar-refractivity contribution in [2.24, 2.45) is 0 Å². The average molecular weight is 921 g/mol. The number of para-hydroxylation sites is 4. The number of aryl methyl sites for hydroxylation is 2. The zero-order valence-corrected chi connectivity index (χ0v) is 35.0. The number of imidazole rings is 1. The molecule has 0 radical (unpaired) electrons. The standard InChI is InChI=1S/C49H40BN5O.Pt/c1-32-15-12-16-33(2)45(32)50-41-22-14-21-39-38-26-25-37(30-44(38)55(46(39)41)48-47(52(50)6)40(27-28-51-48)49(3,4)5)56-36-20-13-19-35(29-36)54-31-53(34-17-8-7-9-18-34)42-23-10-11-24-43(42)54;/h7-28H,1-6H3;/q-2;. The third-order valence-electron chi connectivity index (χ3n) is 11.3. The Balaban J connectivity index is 0.00000422. The number of rotatable bonds is 5. The van der Waals surface area contributed by atoms with Crippen LogP contribution >= 0.6 is 0 Å². The molecule has 0 amide bonds. The first-order valence-electron chi connectivity index (χ1n) is 19.2. The first-order chi connectivity index (χ1) is 27.2. The Hall–Kier alpha value is -5.91. The molecule has 282 valence electrons. The van der Waals surface area contributed by atoms with Gasteiger partial charge in [-0.25, -0.2) is 4.98 Å². The van der Waals surface area contributed by atoms with Gasteiger partial charge < -0.3 is 18.7 Å². The molecule has 57 heavy (non-hydrogen) atoms. The predicted molar refractivity (Wildman–Crippen MR) is 228 cm³/mol. The van der Waals surface area contributed by atoms with Crippen LogP contribution < -0.4 is 25.0 Å². The Morgan fingerprint density at radius 2 is 1.44 bits per heavy atom. The van der Waals surface area contributed by atoms with Gasteiger partial charge in [-0.15, -0.1) is 29.7 Å². The van der Waals surface area contributed by atoms with Crippen molar-refractivity contribution in [3.8, 4) is 28.7 Å². The number of aromatic nitrogens is 4. The summed E-state index contributed by atoms with van der Waals surface area (Å²) in [7, 11) is 2.23. The summed E-state index contributed by atoms with van der Waals surface area (Å²) in [5.41, 5.74) is 13.3. The fourth-order valence-electron chi connectivity index (χ4n) is 8.75. The van der Waals surface area contributed by atoms with Crippen LogP contribution in [0.4, 0.5) is 5.69 Å². The van der Waals surface area contributed by atoms with Crippen LogP contribution in [0.2, 0.25) is 0 Å². The van der Waals surface area contributed by atoms with E-state index in [4.69, 9.17) is 9.72 Å². The smallest absolute Gasteiger partial charge is 0.326 e. The van der Waals surface area contributed by atoms with Gasteiger partial charge in [0.05, 0.1) is 22.4 Å². The summed E-state index contributed by atoms with van der Waals surface area (Å²) in [6.45, 7) is 11.3. The van der Waals surface area contributed by atoms with Crippen LogP contribution in [0.3, 0.4) is 0 Å². The number of anilines is 1. The quantitative estimate of drug-likeness (QED) is 0.0984. The van der Waals surface area contributed by atoms with E-state index in [0.717, 1.165) is 55.7 Å². The number of benzene rings is 6. The molecule has 10 rings (SSSR count). The number of fused-ring (bicyclic) bond motifs is 6. The van der Waals surface area contributed by atoms with Gasteiger partial charge in [0.15, 0.2) is 5.82 Å². The molecule has 1 aliphatic heterocycles. The molecule has 6 nitrogen and oxygen atoms in total. The SMILES string of the molecule is Cc1cccc(C)c1B1c2cccc3c4ccc(Oc5[c-]c(-n6[c-][n+](-c7ccccc7)c7ccccc76)ccc5)[c-]c4n(c23)-c2nccc(C(C)(C)C)c2N1C.[Pt]. The summed E-state index contributed by atoms with van der Waals surface area (Å²) in [5.74, 6) is 2.08. The zero-order chi connectivity index (χ0) is 38.3. The molecule has 1 aliphatic rings. The number of hydrogen-bond donors (Lipinski definition) is 0. The normalized spacial score (nSPS) is 12.5. The fraction of sp³-hybridized carbons (Fsp3) is 0.143. The Morgan fingerprint density at radius 1 is 0.719 bits per heavy atom.